The highest BCUT2D eigenvalue weighted by molar-refractivity contribution is 6.40. The van der Waals surface area contributed by atoms with E-state index in [9.17, 15) is 9.59 Å². The molecular weight excluding hydrogens is 437 g/mol. The number of amides is 2. The summed E-state index contributed by atoms with van der Waals surface area (Å²) in [7, 11) is 0. The van der Waals surface area contributed by atoms with Crippen molar-refractivity contribution in [2.45, 2.75) is 13.5 Å². The Morgan fingerprint density at radius 1 is 0.903 bits per heavy atom. The van der Waals surface area contributed by atoms with Gasteiger partial charge in [-0.2, -0.15) is 5.10 Å². The second-order valence-corrected chi connectivity index (χ2v) is 7.42. The predicted octanol–water partition coefficient (Wildman–Crippen LogP) is 5.05. The molecule has 0 spiro atoms. The summed E-state index contributed by atoms with van der Waals surface area (Å²) in [5.41, 5.74) is 4.97. The van der Waals surface area contributed by atoms with Crippen LogP contribution in [-0.2, 0) is 16.2 Å². The molecule has 8 heteroatoms. The first-order valence-electron chi connectivity index (χ1n) is 9.29. The third kappa shape index (κ3) is 6.84. The number of rotatable bonds is 6. The number of anilines is 1. The van der Waals surface area contributed by atoms with Crippen LogP contribution in [0.15, 0.2) is 77.9 Å². The lowest BCUT2D eigenvalue weighted by Crippen LogP contribution is -2.32. The van der Waals surface area contributed by atoms with E-state index in [1.165, 1.54) is 6.07 Å². The fourth-order valence-corrected chi connectivity index (χ4v) is 2.86. The van der Waals surface area contributed by atoms with E-state index in [0.717, 1.165) is 11.1 Å². The van der Waals surface area contributed by atoms with Crippen molar-refractivity contribution in [1.82, 2.24) is 5.43 Å². The van der Waals surface area contributed by atoms with E-state index < -0.39 is 11.8 Å². The molecule has 0 saturated heterocycles. The summed E-state index contributed by atoms with van der Waals surface area (Å²) < 4.78 is 5.75. The molecule has 0 fully saturated rings. The summed E-state index contributed by atoms with van der Waals surface area (Å²) >= 11 is 11.7. The van der Waals surface area contributed by atoms with Crippen molar-refractivity contribution in [1.29, 1.82) is 0 Å². The van der Waals surface area contributed by atoms with Gasteiger partial charge >= 0.3 is 11.8 Å². The van der Waals surface area contributed by atoms with Crippen LogP contribution in [0.3, 0.4) is 0 Å². The molecule has 0 aliphatic carbocycles. The standard InChI is InChI=1S/C23H19Cl2N3O3/c1-15(27-28-23(30)22(29)26-20-4-2-3-19(25)13-20)17-7-11-21(12-8-17)31-14-16-5-9-18(24)10-6-16/h2-13H,14H2,1H3,(H,26,29)(H,28,30)/b27-15+. The van der Waals surface area contributed by atoms with Gasteiger partial charge in [-0.15, -0.1) is 0 Å². The molecule has 31 heavy (non-hydrogen) atoms. The topological polar surface area (TPSA) is 79.8 Å². The summed E-state index contributed by atoms with van der Waals surface area (Å²) in [6.45, 7) is 2.14. The van der Waals surface area contributed by atoms with Gasteiger partial charge in [-0.05, 0) is 72.6 Å². The second-order valence-electron chi connectivity index (χ2n) is 6.54. The van der Waals surface area contributed by atoms with Crippen LogP contribution in [0.2, 0.25) is 10.0 Å². The number of halogens is 2. The number of carbonyl (C=O) groups is 2. The summed E-state index contributed by atoms with van der Waals surface area (Å²) in [4.78, 5) is 23.9. The Morgan fingerprint density at radius 3 is 2.29 bits per heavy atom. The van der Waals surface area contributed by atoms with E-state index in [2.05, 4.69) is 15.8 Å². The molecule has 0 saturated carbocycles. The van der Waals surface area contributed by atoms with Crippen molar-refractivity contribution in [3.63, 3.8) is 0 Å². The highest BCUT2D eigenvalue weighted by atomic mass is 35.5. The van der Waals surface area contributed by atoms with Crippen LogP contribution in [0, 0.1) is 0 Å². The molecule has 158 valence electrons. The summed E-state index contributed by atoms with van der Waals surface area (Å²) in [6.07, 6.45) is 0. The zero-order valence-corrected chi connectivity index (χ0v) is 18.1. The van der Waals surface area contributed by atoms with Crippen LogP contribution in [0.1, 0.15) is 18.1 Å². The number of nitrogens with one attached hydrogen (secondary N) is 2. The first-order chi connectivity index (χ1) is 14.9. The van der Waals surface area contributed by atoms with Gasteiger partial charge in [0.15, 0.2) is 0 Å². The van der Waals surface area contributed by atoms with Crippen LogP contribution in [0.25, 0.3) is 0 Å². The van der Waals surface area contributed by atoms with Crippen LogP contribution in [0.4, 0.5) is 5.69 Å². The van der Waals surface area contributed by atoms with E-state index >= 15 is 0 Å². The van der Waals surface area contributed by atoms with Gasteiger partial charge in [-0.3, -0.25) is 9.59 Å². The van der Waals surface area contributed by atoms with Gasteiger partial charge in [0.2, 0.25) is 0 Å². The van der Waals surface area contributed by atoms with Gasteiger partial charge in [0.25, 0.3) is 0 Å². The minimum absolute atomic E-state index is 0.418. The Balaban J connectivity index is 1.52. The van der Waals surface area contributed by atoms with E-state index in [4.69, 9.17) is 27.9 Å². The Kier molecular flexibility index (Phi) is 7.65. The number of hydrogen-bond acceptors (Lipinski definition) is 4. The molecule has 3 aromatic carbocycles. The molecule has 0 aliphatic heterocycles. The van der Waals surface area contributed by atoms with Crippen molar-refractivity contribution in [3.05, 3.63) is 94.0 Å². The van der Waals surface area contributed by atoms with Crippen molar-refractivity contribution in [3.8, 4) is 5.75 Å². The average molecular weight is 456 g/mol. The lowest BCUT2D eigenvalue weighted by Gasteiger charge is -2.08. The predicted molar refractivity (Wildman–Crippen MR) is 123 cm³/mol. The van der Waals surface area contributed by atoms with Crippen molar-refractivity contribution < 1.29 is 14.3 Å². The molecule has 0 atom stereocenters. The highest BCUT2D eigenvalue weighted by Gasteiger charge is 2.13. The molecule has 2 amide bonds. The third-order valence-corrected chi connectivity index (χ3v) is 4.69. The summed E-state index contributed by atoms with van der Waals surface area (Å²) in [6, 6.07) is 21.2. The number of hydrogen-bond donors (Lipinski definition) is 2. The van der Waals surface area contributed by atoms with Gasteiger partial charge in [0, 0.05) is 15.7 Å². The Labute approximate surface area is 189 Å². The van der Waals surface area contributed by atoms with Crippen LogP contribution < -0.4 is 15.5 Å². The zero-order chi connectivity index (χ0) is 22.2. The average Bonchev–Trinajstić information content (AvgIpc) is 2.77. The third-order valence-electron chi connectivity index (χ3n) is 4.20. The van der Waals surface area contributed by atoms with Gasteiger partial charge < -0.3 is 10.1 Å². The Bertz CT molecular complexity index is 1100. The minimum Gasteiger partial charge on any atom is -0.489 e. The molecule has 6 nitrogen and oxygen atoms in total. The fourth-order valence-electron chi connectivity index (χ4n) is 2.54. The first-order valence-corrected chi connectivity index (χ1v) is 10.0. The molecule has 3 rings (SSSR count). The molecule has 0 unspecified atom stereocenters. The maximum atomic E-state index is 12.0. The minimum atomic E-state index is -0.887. The molecular formula is C23H19Cl2N3O3. The van der Waals surface area contributed by atoms with Crippen molar-refractivity contribution in [2.24, 2.45) is 5.10 Å². The Morgan fingerprint density at radius 2 is 1.61 bits per heavy atom. The maximum absolute atomic E-state index is 12.0. The number of hydrazone groups is 1. The monoisotopic (exact) mass is 455 g/mol. The summed E-state index contributed by atoms with van der Waals surface area (Å²) in [5.74, 6) is -1.04. The van der Waals surface area contributed by atoms with Crippen molar-refractivity contribution >= 4 is 46.4 Å². The SMILES string of the molecule is C/C(=N\NC(=O)C(=O)Nc1cccc(Cl)c1)c1ccc(OCc2ccc(Cl)cc2)cc1. The van der Waals surface area contributed by atoms with E-state index in [-0.39, 0.29) is 0 Å². The molecule has 2 N–H and O–H groups in total. The molecule has 0 aromatic heterocycles. The number of benzene rings is 3. The molecule has 0 bridgehead atoms. The van der Waals surface area contributed by atoms with Gasteiger partial charge in [-0.25, -0.2) is 5.43 Å². The molecule has 0 aliphatic rings. The van der Waals surface area contributed by atoms with E-state index in [0.29, 0.717) is 33.8 Å². The van der Waals surface area contributed by atoms with Gasteiger partial charge in [-0.1, -0.05) is 41.4 Å². The van der Waals surface area contributed by atoms with Crippen LogP contribution in [0.5, 0.6) is 5.75 Å². The fraction of sp³-hybridized carbons (Fsp3) is 0.0870. The zero-order valence-electron chi connectivity index (χ0n) is 16.6. The molecule has 0 radical (unpaired) electrons. The van der Waals surface area contributed by atoms with Crippen molar-refractivity contribution in [2.75, 3.05) is 5.32 Å². The summed E-state index contributed by atoms with van der Waals surface area (Å²) in [5, 5.41) is 7.57. The maximum Gasteiger partial charge on any atom is 0.329 e. The largest absolute Gasteiger partial charge is 0.489 e. The van der Waals surface area contributed by atoms with Crippen LogP contribution >= 0.6 is 23.2 Å². The quantitative estimate of drug-likeness (QED) is 0.310. The van der Waals surface area contributed by atoms with Crippen LogP contribution in [-0.4, -0.2) is 17.5 Å². The molecule has 3 aromatic rings. The second kappa shape index (κ2) is 10.6. The first kappa shape index (κ1) is 22.3. The highest BCUT2D eigenvalue weighted by Crippen LogP contribution is 2.17. The lowest BCUT2D eigenvalue weighted by atomic mass is 10.1. The van der Waals surface area contributed by atoms with E-state index in [1.807, 2.05) is 36.4 Å². The number of carbonyl (C=O) groups excluding carboxylic acids is 2. The lowest BCUT2D eigenvalue weighted by molar-refractivity contribution is -0.136. The normalized spacial score (nSPS) is 11.0. The van der Waals surface area contributed by atoms with E-state index in [1.54, 1.807) is 37.3 Å². The van der Waals surface area contributed by atoms with Gasteiger partial charge in [0.05, 0.1) is 5.71 Å². The smallest absolute Gasteiger partial charge is 0.329 e. The Hall–Kier alpha value is -3.35. The molecule has 0 heterocycles. The number of ether oxygens (including phenoxy) is 1. The van der Waals surface area contributed by atoms with Gasteiger partial charge in [0.1, 0.15) is 12.4 Å². The number of nitrogens with zero attached hydrogens (tertiary/aromatic N) is 1.